The van der Waals surface area contributed by atoms with E-state index in [2.05, 4.69) is 0 Å². The molecule has 7 heteroatoms. The fourth-order valence-electron chi connectivity index (χ4n) is 2.26. The number of nitrogens with zero attached hydrogens (tertiary/aromatic N) is 2. The molecule has 0 aliphatic carbocycles. The first kappa shape index (κ1) is 15.0. The molecule has 2 rings (SSSR count). The second kappa shape index (κ2) is 6.38. The number of nitro groups is 1. The largest absolute Gasteiger partial charge is 0.510 e. The van der Waals surface area contributed by atoms with E-state index in [-0.39, 0.29) is 24.6 Å². The van der Waals surface area contributed by atoms with Crippen LogP contribution in [0.2, 0.25) is 0 Å². The molecule has 1 heterocycles. The Morgan fingerprint density at radius 1 is 1.33 bits per heavy atom. The lowest BCUT2D eigenvalue weighted by atomic mass is 9.97. The summed E-state index contributed by atoms with van der Waals surface area (Å²) in [6, 6.07) is 4.77. The molecule has 3 N–H and O–H groups in total. The van der Waals surface area contributed by atoms with E-state index in [0.29, 0.717) is 5.56 Å². The molecule has 0 saturated heterocycles. The molecule has 0 spiro atoms. The molecule has 0 bridgehead atoms. The van der Waals surface area contributed by atoms with Crippen molar-refractivity contribution < 1.29 is 20.2 Å². The van der Waals surface area contributed by atoms with Crippen molar-refractivity contribution in [3.63, 3.8) is 0 Å². The summed E-state index contributed by atoms with van der Waals surface area (Å²) in [4.78, 5) is 11.7. The first-order valence-electron chi connectivity index (χ1n) is 6.41. The molecule has 0 radical (unpaired) electrons. The highest BCUT2D eigenvalue weighted by Gasteiger charge is 2.30. The molecule has 112 valence electrons. The van der Waals surface area contributed by atoms with Crippen LogP contribution in [0.4, 0.5) is 5.69 Å². The molecule has 0 aromatic heterocycles. The average molecular weight is 292 g/mol. The van der Waals surface area contributed by atoms with Crippen LogP contribution in [-0.4, -0.2) is 44.3 Å². The molecular weight excluding hydrogens is 276 g/mol. The molecule has 1 aliphatic heterocycles. The van der Waals surface area contributed by atoms with Crippen molar-refractivity contribution in [3.05, 3.63) is 64.1 Å². The van der Waals surface area contributed by atoms with E-state index in [0.717, 1.165) is 0 Å². The molecule has 1 aromatic rings. The smallest absolute Gasteiger partial charge is 0.269 e. The highest BCUT2D eigenvalue weighted by Crippen LogP contribution is 2.28. The van der Waals surface area contributed by atoms with Crippen molar-refractivity contribution in [1.82, 2.24) is 4.90 Å². The fraction of sp³-hybridized carbons (Fsp3) is 0.286. The normalized spacial score (nSPS) is 19.2. The van der Waals surface area contributed by atoms with Gasteiger partial charge in [-0.2, -0.15) is 0 Å². The number of benzene rings is 1. The zero-order valence-electron chi connectivity index (χ0n) is 11.2. The Bertz CT molecular complexity index is 567. The Hall–Kier alpha value is -2.38. The third kappa shape index (κ3) is 3.21. The number of rotatable bonds is 5. The van der Waals surface area contributed by atoms with Crippen LogP contribution in [0.1, 0.15) is 11.7 Å². The zero-order chi connectivity index (χ0) is 15.4. The van der Waals surface area contributed by atoms with Crippen molar-refractivity contribution in [2.24, 2.45) is 0 Å². The third-order valence-corrected chi connectivity index (χ3v) is 3.31. The number of aliphatic hydroxyl groups is 3. The predicted molar refractivity (Wildman–Crippen MR) is 75.5 cm³/mol. The monoisotopic (exact) mass is 292 g/mol. The summed E-state index contributed by atoms with van der Waals surface area (Å²) < 4.78 is 0. The van der Waals surface area contributed by atoms with E-state index in [1.54, 1.807) is 17.2 Å². The fourth-order valence-corrected chi connectivity index (χ4v) is 2.26. The van der Waals surface area contributed by atoms with E-state index < -0.39 is 17.1 Å². The molecule has 21 heavy (non-hydrogen) atoms. The lowest BCUT2D eigenvalue weighted by molar-refractivity contribution is -0.384. The summed E-state index contributed by atoms with van der Waals surface area (Å²) in [5, 5.41) is 40.0. The zero-order valence-corrected chi connectivity index (χ0v) is 11.2. The van der Waals surface area contributed by atoms with Gasteiger partial charge in [0.25, 0.3) is 5.69 Å². The van der Waals surface area contributed by atoms with Gasteiger partial charge in [-0.25, -0.2) is 0 Å². The van der Waals surface area contributed by atoms with E-state index in [1.165, 1.54) is 30.3 Å². The lowest BCUT2D eigenvalue weighted by Crippen LogP contribution is -2.40. The first-order chi connectivity index (χ1) is 10.0. The van der Waals surface area contributed by atoms with Crippen LogP contribution in [0, 0.1) is 10.1 Å². The van der Waals surface area contributed by atoms with Crippen LogP contribution >= 0.6 is 0 Å². The quantitative estimate of drug-likeness (QED) is 0.557. The highest BCUT2D eigenvalue weighted by atomic mass is 16.6. The van der Waals surface area contributed by atoms with Gasteiger partial charge in [0, 0.05) is 24.9 Å². The number of aliphatic hydroxyl groups excluding tert-OH is 3. The Morgan fingerprint density at radius 3 is 2.57 bits per heavy atom. The third-order valence-electron chi connectivity index (χ3n) is 3.31. The van der Waals surface area contributed by atoms with E-state index in [4.69, 9.17) is 5.11 Å². The summed E-state index contributed by atoms with van der Waals surface area (Å²) >= 11 is 0. The maximum Gasteiger partial charge on any atom is 0.269 e. The van der Waals surface area contributed by atoms with Gasteiger partial charge < -0.3 is 20.2 Å². The van der Waals surface area contributed by atoms with Gasteiger partial charge in [0.05, 0.1) is 11.5 Å². The maximum atomic E-state index is 10.6. The van der Waals surface area contributed by atoms with Gasteiger partial charge in [-0.3, -0.25) is 10.1 Å². The minimum atomic E-state index is -1.07. The predicted octanol–water partition coefficient (Wildman–Crippen LogP) is 1.26. The van der Waals surface area contributed by atoms with Crippen LogP contribution in [0.15, 0.2) is 48.4 Å². The van der Waals surface area contributed by atoms with Crippen LogP contribution in [0.5, 0.6) is 0 Å². The van der Waals surface area contributed by atoms with E-state index in [9.17, 15) is 20.3 Å². The topological polar surface area (TPSA) is 107 Å². The minimum Gasteiger partial charge on any atom is -0.510 e. The molecule has 0 fully saturated rings. The maximum absolute atomic E-state index is 10.6. The van der Waals surface area contributed by atoms with Crippen molar-refractivity contribution >= 4 is 5.69 Å². The van der Waals surface area contributed by atoms with Crippen LogP contribution in [0.25, 0.3) is 0 Å². The van der Waals surface area contributed by atoms with Crippen LogP contribution in [-0.2, 0) is 0 Å². The van der Waals surface area contributed by atoms with Crippen LogP contribution < -0.4 is 0 Å². The molecule has 2 unspecified atom stereocenters. The summed E-state index contributed by atoms with van der Waals surface area (Å²) in [6.45, 7) is 0.129. The molecule has 0 amide bonds. The number of non-ortho nitro benzene ring substituents is 1. The van der Waals surface area contributed by atoms with Gasteiger partial charge in [0.2, 0.25) is 0 Å². The standard InChI is InChI=1S/C14H16N2O5/c17-9-8-15-7-1-2-12(18)13(15)14(19)10-3-5-11(6-4-10)16(20)21/h1-7,13-14,17-19H,8-9H2. The number of hydrogen-bond acceptors (Lipinski definition) is 6. The van der Waals surface area contributed by atoms with Gasteiger partial charge in [0.1, 0.15) is 17.9 Å². The van der Waals surface area contributed by atoms with Crippen LogP contribution in [0.3, 0.4) is 0 Å². The average Bonchev–Trinajstić information content (AvgIpc) is 2.47. The Kier molecular flexibility index (Phi) is 4.56. The summed E-state index contributed by atoms with van der Waals surface area (Å²) in [5.74, 6) is -0.0307. The minimum absolute atomic E-state index is 0.0307. The van der Waals surface area contributed by atoms with Crippen molar-refractivity contribution in [1.29, 1.82) is 0 Å². The lowest BCUT2D eigenvalue weighted by Gasteiger charge is -2.35. The second-order valence-electron chi connectivity index (χ2n) is 4.63. The van der Waals surface area contributed by atoms with Crippen molar-refractivity contribution in [3.8, 4) is 0 Å². The summed E-state index contributed by atoms with van der Waals surface area (Å²) in [5.41, 5.74) is 0.380. The van der Waals surface area contributed by atoms with Gasteiger partial charge >= 0.3 is 0 Å². The second-order valence-corrected chi connectivity index (χ2v) is 4.63. The van der Waals surface area contributed by atoms with Gasteiger partial charge in [-0.1, -0.05) is 0 Å². The highest BCUT2D eigenvalue weighted by molar-refractivity contribution is 5.35. The molecular formula is C14H16N2O5. The van der Waals surface area contributed by atoms with E-state index in [1.807, 2.05) is 0 Å². The number of β-amino-alcohol motifs (C(OH)–C–C–N with tert-alkyl or cyclic N) is 1. The number of allylic oxidation sites excluding steroid dienone is 2. The van der Waals surface area contributed by atoms with E-state index >= 15 is 0 Å². The van der Waals surface area contributed by atoms with Gasteiger partial charge in [-0.05, 0) is 29.8 Å². The van der Waals surface area contributed by atoms with Crippen molar-refractivity contribution in [2.75, 3.05) is 13.2 Å². The number of nitro benzene ring substituents is 1. The Balaban J connectivity index is 2.24. The molecule has 0 saturated carbocycles. The molecule has 7 nitrogen and oxygen atoms in total. The molecule has 1 aliphatic rings. The van der Waals surface area contributed by atoms with Gasteiger partial charge in [0.15, 0.2) is 0 Å². The number of hydrogen-bond donors (Lipinski definition) is 3. The first-order valence-corrected chi connectivity index (χ1v) is 6.41. The summed E-state index contributed by atoms with van der Waals surface area (Å²) in [6.07, 6.45) is 3.67. The van der Waals surface area contributed by atoms with Gasteiger partial charge in [-0.15, -0.1) is 0 Å². The molecule has 2 atom stereocenters. The molecule has 1 aromatic carbocycles. The Labute approximate surface area is 121 Å². The summed E-state index contributed by atoms with van der Waals surface area (Å²) in [7, 11) is 0. The van der Waals surface area contributed by atoms with Crippen molar-refractivity contribution in [2.45, 2.75) is 12.1 Å². The SMILES string of the molecule is O=[N+]([O-])c1ccc(C(O)C2C(O)=CC=CN2CCO)cc1. The Morgan fingerprint density at radius 2 is 2.00 bits per heavy atom.